The molecule has 0 saturated carbocycles. The minimum Gasteiger partial charge on any atom is -0.420 e. The van der Waals surface area contributed by atoms with Gasteiger partial charge in [0, 0.05) is 29.6 Å². The van der Waals surface area contributed by atoms with Crippen molar-refractivity contribution in [2.75, 3.05) is 13.1 Å². The van der Waals surface area contributed by atoms with E-state index in [-0.39, 0.29) is 11.8 Å². The van der Waals surface area contributed by atoms with Gasteiger partial charge in [0.1, 0.15) is 5.69 Å². The number of amides is 1. The maximum Gasteiger partial charge on any atom is 0.270 e. The number of carbonyl (C=O) groups excluding carboxylic acids is 1. The zero-order valence-corrected chi connectivity index (χ0v) is 15.3. The van der Waals surface area contributed by atoms with Crippen molar-refractivity contribution in [3.8, 4) is 11.5 Å². The molecule has 6 heteroatoms. The van der Waals surface area contributed by atoms with Crippen LogP contribution in [0.1, 0.15) is 35.1 Å². The first-order valence-electron chi connectivity index (χ1n) is 9.54. The second kappa shape index (κ2) is 6.96. The number of nitrogens with one attached hydrogen (secondary N) is 1. The van der Waals surface area contributed by atoms with Gasteiger partial charge in [0.05, 0.1) is 5.92 Å². The summed E-state index contributed by atoms with van der Waals surface area (Å²) in [6, 6.07) is 19.6. The Labute approximate surface area is 162 Å². The van der Waals surface area contributed by atoms with Crippen LogP contribution in [-0.2, 0) is 0 Å². The van der Waals surface area contributed by atoms with Gasteiger partial charge in [-0.2, -0.15) is 0 Å². The first-order valence-corrected chi connectivity index (χ1v) is 9.54. The van der Waals surface area contributed by atoms with Crippen molar-refractivity contribution in [2.45, 2.75) is 18.8 Å². The van der Waals surface area contributed by atoms with Crippen LogP contribution in [0, 0.1) is 0 Å². The van der Waals surface area contributed by atoms with Crippen molar-refractivity contribution in [1.82, 2.24) is 20.1 Å². The molecule has 28 heavy (non-hydrogen) atoms. The highest BCUT2D eigenvalue weighted by molar-refractivity contribution is 5.98. The van der Waals surface area contributed by atoms with Crippen molar-refractivity contribution in [3.05, 3.63) is 72.2 Å². The highest BCUT2D eigenvalue weighted by Crippen LogP contribution is 2.29. The normalized spacial score (nSPS) is 17.1. The van der Waals surface area contributed by atoms with E-state index in [1.165, 1.54) is 0 Å². The molecular weight excluding hydrogens is 352 g/mol. The van der Waals surface area contributed by atoms with Gasteiger partial charge in [-0.3, -0.25) is 4.79 Å². The average molecular weight is 372 g/mol. The summed E-state index contributed by atoms with van der Waals surface area (Å²) < 4.78 is 5.92. The highest BCUT2D eigenvalue weighted by Gasteiger charge is 2.29. The number of likely N-dealkylation sites (tertiary alicyclic amines) is 1. The molecule has 2 aromatic carbocycles. The molecule has 3 heterocycles. The molecule has 6 nitrogen and oxygen atoms in total. The van der Waals surface area contributed by atoms with Crippen molar-refractivity contribution >= 4 is 16.8 Å². The minimum atomic E-state index is 0.0173. The summed E-state index contributed by atoms with van der Waals surface area (Å²) in [5.41, 5.74) is 2.50. The number of hydrogen-bond acceptors (Lipinski definition) is 4. The number of H-pyrrole nitrogens is 1. The first kappa shape index (κ1) is 16.7. The lowest BCUT2D eigenvalue weighted by molar-refractivity contribution is 0.0693. The van der Waals surface area contributed by atoms with Gasteiger partial charge in [0.2, 0.25) is 11.8 Å². The number of piperidine rings is 1. The maximum atomic E-state index is 13.0. The molecule has 4 aromatic rings. The zero-order chi connectivity index (χ0) is 18.9. The Bertz CT molecular complexity index is 1080. The van der Waals surface area contributed by atoms with Crippen molar-refractivity contribution in [1.29, 1.82) is 0 Å². The standard InChI is InChI=1S/C22H20N4O2/c27-22(19-13-16-9-4-5-11-18(16)23-19)26-12-6-10-17(14-26)21-25-24-20(28-21)15-7-2-1-3-8-15/h1-5,7-9,11,13,17,23H,6,10,12,14H2/t17-/m0/s1. The fourth-order valence-electron chi connectivity index (χ4n) is 3.82. The van der Waals surface area contributed by atoms with E-state index >= 15 is 0 Å². The number of rotatable bonds is 3. The second-order valence-electron chi connectivity index (χ2n) is 7.17. The molecule has 0 bridgehead atoms. The van der Waals surface area contributed by atoms with Gasteiger partial charge in [-0.25, -0.2) is 0 Å². The molecule has 0 aliphatic carbocycles. The monoisotopic (exact) mass is 372 g/mol. The molecule has 1 aliphatic heterocycles. The first-order chi connectivity index (χ1) is 13.8. The quantitative estimate of drug-likeness (QED) is 0.584. The van der Waals surface area contributed by atoms with Crippen LogP contribution in [0.3, 0.4) is 0 Å². The fraction of sp³-hybridized carbons (Fsp3) is 0.227. The van der Waals surface area contributed by atoms with Crippen LogP contribution in [-0.4, -0.2) is 39.1 Å². The third kappa shape index (κ3) is 3.07. The molecule has 0 unspecified atom stereocenters. The molecule has 1 fully saturated rings. The fourth-order valence-corrected chi connectivity index (χ4v) is 3.82. The second-order valence-corrected chi connectivity index (χ2v) is 7.17. The van der Waals surface area contributed by atoms with Crippen LogP contribution in [0.15, 0.2) is 65.1 Å². The number of aromatic amines is 1. The number of para-hydroxylation sites is 1. The molecule has 1 atom stereocenters. The van der Waals surface area contributed by atoms with E-state index in [4.69, 9.17) is 4.42 Å². The summed E-state index contributed by atoms with van der Waals surface area (Å²) in [4.78, 5) is 18.1. The summed E-state index contributed by atoms with van der Waals surface area (Å²) in [6.45, 7) is 1.33. The molecule has 0 spiro atoms. The van der Waals surface area contributed by atoms with Gasteiger partial charge in [0.25, 0.3) is 5.91 Å². The number of benzene rings is 2. The molecule has 1 N–H and O–H groups in total. The number of carbonyl (C=O) groups is 1. The van der Waals surface area contributed by atoms with E-state index in [1.807, 2.05) is 65.6 Å². The van der Waals surface area contributed by atoms with Crippen molar-refractivity contribution in [2.24, 2.45) is 0 Å². The van der Waals surface area contributed by atoms with Crippen LogP contribution >= 0.6 is 0 Å². The van der Waals surface area contributed by atoms with E-state index in [2.05, 4.69) is 15.2 Å². The Morgan fingerprint density at radius 2 is 1.89 bits per heavy atom. The van der Waals surface area contributed by atoms with Crippen LogP contribution < -0.4 is 0 Å². The van der Waals surface area contributed by atoms with Gasteiger partial charge >= 0.3 is 0 Å². The average Bonchev–Trinajstić information content (AvgIpc) is 3.41. The molecule has 1 amide bonds. The summed E-state index contributed by atoms with van der Waals surface area (Å²) in [5.74, 6) is 1.21. The molecule has 0 radical (unpaired) electrons. The molecular formula is C22H20N4O2. The van der Waals surface area contributed by atoms with E-state index < -0.39 is 0 Å². The van der Waals surface area contributed by atoms with Gasteiger partial charge in [-0.1, -0.05) is 36.4 Å². The van der Waals surface area contributed by atoms with Crippen LogP contribution in [0.4, 0.5) is 0 Å². The molecule has 140 valence electrons. The maximum absolute atomic E-state index is 13.0. The third-order valence-electron chi connectivity index (χ3n) is 5.28. The molecule has 1 saturated heterocycles. The van der Waals surface area contributed by atoms with Gasteiger partial charge in [-0.05, 0) is 37.1 Å². The summed E-state index contributed by atoms with van der Waals surface area (Å²) in [7, 11) is 0. The van der Waals surface area contributed by atoms with Gasteiger partial charge in [-0.15, -0.1) is 10.2 Å². The van der Waals surface area contributed by atoms with E-state index in [9.17, 15) is 4.79 Å². The van der Waals surface area contributed by atoms with Crippen LogP contribution in [0.5, 0.6) is 0 Å². The number of fused-ring (bicyclic) bond motifs is 1. The summed E-state index contributed by atoms with van der Waals surface area (Å²) in [6.07, 6.45) is 1.85. The van der Waals surface area contributed by atoms with E-state index in [0.717, 1.165) is 35.9 Å². The Morgan fingerprint density at radius 1 is 1.07 bits per heavy atom. The molecule has 2 aromatic heterocycles. The Kier molecular flexibility index (Phi) is 4.16. The predicted octanol–water partition coefficient (Wildman–Crippen LogP) is 4.24. The van der Waals surface area contributed by atoms with E-state index in [0.29, 0.717) is 24.0 Å². The van der Waals surface area contributed by atoms with Gasteiger partial charge in [0.15, 0.2) is 0 Å². The smallest absolute Gasteiger partial charge is 0.270 e. The lowest BCUT2D eigenvalue weighted by atomic mass is 9.98. The zero-order valence-electron chi connectivity index (χ0n) is 15.3. The van der Waals surface area contributed by atoms with Crippen molar-refractivity contribution < 1.29 is 9.21 Å². The molecule has 1 aliphatic rings. The molecule has 5 rings (SSSR count). The lowest BCUT2D eigenvalue weighted by Crippen LogP contribution is -2.39. The van der Waals surface area contributed by atoms with Gasteiger partial charge < -0.3 is 14.3 Å². The van der Waals surface area contributed by atoms with Crippen LogP contribution in [0.2, 0.25) is 0 Å². The SMILES string of the molecule is O=C(c1cc2ccccc2[nH]1)N1CCC[C@H](c2nnc(-c3ccccc3)o2)C1. The summed E-state index contributed by atoms with van der Waals surface area (Å²) in [5, 5.41) is 9.49. The number of aromatic nitrogens is 3. The Morgan fingerprint density at radius 3 is 2.75 bits per heavy atom. The summed E-state index contributed by atoms with van der Waals surface area (Å²) >= 11 is 0. The largest absolute Gasteiger partial charge is 0.420 e. The third-order valence-corrected chi connectivity index (χ3v) is 5.28. The predicted molar refractivity (Wildman–Crippen MR) is 106 cm³/mol. The van der Waals surface area contributed by atoms with Crippen LogP contribution in [0.25, 0.3) is 22.4 Å². The minimum absolute atomic E-state index is 0.0173. The number of hydrogen-bond donors (Lipinski definition) is 1. The van der Waals surface area contributed by atoms with E-state index in [1.54, 1.807) is 0 Å². The van der Waals surface area contributed by atoms with Crippen molar-refractivity contribution in [3.63, 3.8) is 0 Å². The lowest BCUT2D eigenvalue weighted by Gasteiger charge is -2.30. The topological polar surface area (TPSA) is 75.0 Å². The Hall–Kier alpha value is -3.41. The Balaban J connectivity index is 1.35. The highest BCUT2D eigenvalue weighted by atomic mass is 16.4. The number of nitrogens with zero attached hydrogens (tertiary/aromatic N) is 3.